The Hall–Kier alpha value is -8.00. The van der Waals surface area contributed by atoms with Gasteiger partial charge in [0.25, 0.3) is 0 Å². The minimum absolute atomic E-state index is 0.0126. The molecule has 12 rings (SSSR count). The summed E-state index contributed by atoms with van der Waals surface area (Å²) in [6.45, 7) is 20.7. The van der Waals surface area contributed by atoms with Crippen LogP contribution in [0.15, 0.2) is 243 Å². The normalized spacial score (nSPS) is 15.4. The van der Waals surface area contributed by atoms with Crippen molar-refractivity contribution in [2.24, 2.45) is 0 Å². The standard InChI is InChI=1S/C74H67N/c1-70(2,3)52-31-37-56(38-32-52)73(55-24-14-11-15-25-55)66-29-18-16-27-62(66)64-45-43-60(48-68(64)73)75(59-26-20-23-51(47-59)50-21-12-10-13-22-50)61-44-46-65-63-28-17-19-30-67(63)74(69(65)49-61,57-39-33-53(34-40-57)71(4,5)6)58-41-35-54(36-42-58)72(7,8)9/h10-49H,1-9H3. The molecule has 1 unspecified atom stereocenters. The molecular formula is C74H67N. The number of hydrogen-bond donors (Lipinski definition) is 0. The van der Waals surface area contributed by atoms with E-state index < -0.39 is 10.8 Å². The van der Waals surface area contributed by atoms with Crippen LogP contribution in [0.1, 0.15) is 124 Å². The lowest BCUT2D eigenvalue weighted by Crippen LogP contribution is -2.29. The van der Waals surface area contributed by atoms with Crippen LogP contribution in [-0.2, 0) is 27.1 Å². The maximum atomic E-state index is 2.53. The van der Waals surface area contributed by atoms with Gasteiger partial charge in [0.1, 0.15) is 0 Å². The summed E-state index contributed by atoms with van der Waals surface area (Å²) in [7, 11) is 0. The zero-order valence-electron chi connectivity index (χ0n) is 45.0. The van der Waals surface area contributed by atoms with Crippen LogP contribution >= 0.6 is 0 Å². The van der Waals surface area contributed by atoms with E-state index in [4.69, 9.17) is 0 Å². The summed E-state index contributed by atoms with van der Waals surface area (Å²) in [5, 5.41) is 0. The number of rotatable bonds is 8. The van der Waals surface area contributed by atoms with Crippen LogP contribution < -0.4 is 4.90 Å². The first kappa shape index (κ1) is 48.0. The molecule has 0 N–H and O–H groups in total. The van der Waals surface area contributed by atoms with Gasteiger partial charge in [-0.1, -0.05) is 269 Å². The third kappa shape index (κ3) is 7.81. The summed E-state index contributed by atoms with van der Waals surface area (Å²) >= 11 is 0. The van der Waals surface area contributed by atoms with Gasteiger partial charge >= 0.3 is 0 Å². The van der Waals surface area contributed by atoms with E-state index in [0.717, 1.165) is 17.1 Å². The molecule has 10 aromatic carbocycles. The lowest BCUT2D eigenvalue weighted by Gasteiger charge is -2.36. The molecule has 0 heterocycles. The van der Waals surface area contributed by atoms with E-state index in [-0.39, 0.29) is 16.2 Å². The zero-order chi connectivity index (χ0) is 51.9. The van der Waals surface area contributed by atoms with Crippen LogP contribution in [0.2, 0.25) is 0 Å². The maximum Gasteiger partial charge on any atom is 0.0714 e. The maximum absolute atomic E-state index is 2.53. The zero-order valence-corrected chi connectivity index (χ0v) is 45.0. The summed E-state index contributed by atoms with van der Waals surface area (Å²) in [5.74, 6) is 0. The highest BCUT2D eigenvalue weighted by Crippen LogP contribution is 2.60. The molecule has 0 aliphatic heterocycles. The number of fused-ring (bicyclic) bond motifs is 6. The van der Waals surface area contributed by atoms with Crippen molar-refractivity contribution >= 4 is 17.1 Å². The average molecular weight is 970 g/mol. The second-order valence-corrected chi connectivity index (χ2v) is 24.2. The molecular weight excluding hydrogens is 903 g/mol. The van der Waals surface area contributed by atoms with Crippen LogP contribution in [0, 0.1) is 0 Å². The van der Waals surface area contributed by atoms with Crippen molar-refractivity contribution in [3.8, 4) is 33.4 Å². The molecule has 0 aromatic heterocycles. The van der Waals surface area contributed by atoms with E-state index >= 15 is 0 Å². The monoisotopic (exact) mass is 970 g/mol. The van der Waals surface area contributed by atoms with Gasteiger partial charge in [-0.2, -0.15) is 0 Å². The van der Waals surface area contributed by atoms with Crippen molar-refractivity contribution < 1.29 is 0 Å². The molecule has 1 nitrogen and oxygen atoms in total. The molecule has 75 heavy (non-hydrogen) atoms. The largest absolute Gasteiger partial charge is 0.310 e. The summed E-state index contributed by atoms with van der Waals surface area (Å²) in [6, 6.07) is 92.5. The smallest absolute Gasteiger partial charge is 0.0714 e. The molecule has 1 heteroatoms. The molecule has 1 atom stereocenters. The third-order valence-electron chi connectivity index (χ3n) is 16.5. The van der Waals surface area contributed by atoms with E-state index in [1.165, 1.54) is 94.6 Å². The third-order valence-corrected chi connectivity index (χ3v) is 16.5. The van der Waals surface area contributed by atoms with Gasteiger partial charge < -0.3 is 4.90 Å². The van der Waals surface area contributed by atoms with Gasteiger partial charge in [-0.15, -0.1) is 0 Å². The molecule has 0 saturated carbocycles. The van der Waals surface area contributed by atoms with E-state index in [1.807, 2.05) is 0 Å². The number of nitrogens with zero attached hydrogens (tertiary/aromatic N) is 1. The molecule has 368 valence electrons. The second kappa shape index (κ2) is 17.8. The summed E-state index contributed by atoms with van der Waals surface area (Å²) in [5.41, 5.74) is 23.8. The number of anilines is 3. The van der Waals surface area contributed by atoms with Gasteiger partial charge in [0, 0.05) is 17.1 Å². The fourth-order valence-corrected chi connectivity index (χ4v) is 12.6. The summed E-state index contributed by atoms with van der Waals surface area (Å²) in [4.78, 5) is 2.52. The van der Waals surface area contributed by atoms with E-state index in [9.17, 15) is 0 Å². The fraction of sp³-hybridized carbons (Fsp3) is 0.189. The average Bonchev–Trinajstić information content (AvgIpc) is 3.94. The van der Waals surface area contributed by atoms with Crippen LogP contribution in [0.25, 0.3) is 33.4 Å². The van der Waals surface area contributed by atoms with Crippen molar-refractivity contribution in [3.63, 3.8) is 0 Å². The van der Waals surface area contributed by atoms with Gasteiger partial charge in [-0.25, -0.2) is 0 Å². The van der Waals surface area contributed by atoms with E-state index in [0.29, 0.717) is 0 Å². The van der Waals surface area contributed by atoms with Crippen LogP contribution in [-0.4, -0.2) is 0 Å². The number of benzene rings is 10. The Bertz CT molecular complexity index is 3670. The Morgan fingerprint density at radius 1 is 0.253 bits per heavy atom. The van der Waals surface area contributed by atoms with Gasteiger partial charge in [0.05, 0.1) is 10.8 Å². The fourth-order valence-electron chi connectivity index (χ4n) is 12.6. The van der Waals surface area contributed by atoms with Crippen molar-refractivity contribution in [1.82, 2.24) is 0 Å². The highest BCUT2D eigenvalue weighted by molar-refractivity contribution is 5.93. The molecule has 0 fully saturated rings. The Morgan fingerprint density at radius 2 is 0.587 bits per heavy atom. The Kier molecular flexibility index (Phi) is 11.4. The quantitative estimate of drug-likeness (QED) is 0.147. The Labute approximate surface area is 446 Å². The van der Waals surface area contributed by atoms with Crippen molar-refractivity contribution in [3.05, 3.63) is 304 Å². The second-order valence-electron chi connectivity index (χ2n) is 24.2. The molecule has 2 aliphatic carbocycles. The predicted octanol–water partition coefficient (Wildman–Crippen LogP) is 19.4. The minimum atomic E-state index is -0.604. The molecule has 2 aliphatic rings. The highest BCUT2D eigenvalue weighted by atomic mass is 15.1. The first-order valence-corrected chi connectivity index (χ1v) is 26.9. The first-order valence-electron chi connectivity index (χ1n) is 26.9. The number of hydrogen-bond acceptors (Lipinski definition) is 1. The molecule has 0 saturated heterocycles. The summed E-state index contributed by atoms with van der Waals surface area (Å²) in [6.07, 6.45) is 0. The Morgan fingerprint density at radius 3 is 1.00 bits per heavy atom. The summed E-state index contributed by atoms with van der Waals surface area (Å²) < 4.78 is 0. The molecule has 10 aromatic rings. The van der Waals surface area contributed by atoms with Crippen LogP contribution in [0.4, 0.5) is 17.1 Å². The molecule has 0 amide bonds. The molecule has 0 radical (unpaired) electrons. The predicted molar refractivity (Wildman–Crippen MR) is 317 cm³/mol. The van der Waals surface area contributed by atoms with Gasteiger partial charge in [0.15, 0.2) is 0 Å². The van der Waals surface area contributed by atoms with Gasteiger partial charge in [-0.3, -0.25) is 0 Å². The van der Waals surface area contributed by atoms with E-state index in [2.05, 4.69) is 310 Å². The van der Waals surface area contributed by atoms with Crippen LogP contribution in [0.3, 0.4) is 0 Å². The van der Waals surface area contributed by atoms with Gasteiger partial charge in [-0.05, 0) is 147 Å². The van der Waals surface area contributed by atoms with Crippen LogP contribution in [0.5, 0.6) is 0 Å². The van der Waals surface area contributed by atoms with Gasteiger partial charge in [0.2, 0.25) is 0 Å². The first-order chi connectivity index (χ1) is 36.1. The SMILES string of the molecule is CC(C)(C)c1ccc(C2(c3ccccc3)c3ccccc3-c3ccc(N(c4cccc(-c5ccccc5)c4)c4ccc5c(c4)C(c4ccc(C(C)(C)C)cc4)(c4ccc(C(C)(C)C)cc4)c4ccccc4-5)cc32)cc1. The molecule has 0 spiro atoms. The topological polar surface area (TPSA) is 3.24 Å². The van der Waals surface area contributed by atoms with Crippen molar-refractivity contribution in [2.75, 3.05) is 4.90 Å². The highest BCUT2D eigenvalue weighted by Gasteiger charge is 2.48. The lowest BCUT2D eigenvalue weighted by molar-refractivity contribution is 0.588. The van der Waals surface area contributed by atoms with E-state index in [1.54, 1.807) is 0 Å². The lowest BCUT2D eigenvalue weighted by atomic mass is 9.66. The van der Waals surface area contributed by atoms with Crippen molar-refractivity contribution in [1.29, 1.82) is 0 Å². The minimum Gasteiger partial charge on any atom is -0.310 e. The van der Waals surface area contributed by atoms with Crippen molar-refractivity contribution in [2.45, 2.75) is 89.4 Å². The molecule has 0 bridgehead atoms. The Balaban J connectivity index is 1.14.